The van der Waals surface area contributed by atoms with Crippen LogP contribution in [0.5, 0.6) is 5.75 Å². The van der Waals surface area contributed by atoms with Crippen LogP contribution < -0.4 is 0 Å². The first-order valence-electron chi connectivity index (χ1n) is 6.21. The van der Waals surface area contributed by atoms with E-state index in [4.69, 9.17) is 5.11 Å². The largest absolute Gasteiger partial charge is 0.508 e. The van der Waals surface area contributed by atoms with Crippen LogP contribution in [0.4, 0.5) is 0 Å². The molecule has 102 valence electrons. The third kappa shape index (κ3) is 3.45. The number of carbonyl (C=O) groups is 2. The molecular weight excluding hydrogens is 256 g/mol. The number of carboxylic acids is 1. The second-order valence-corrected chi connectivity index (χ2v) is 4.48. The van der Waals surface area contributed by atoms with Gasteiger partial charge in [0.05, 0.1) is 0 Å². The molecule has 0 heterocycles. The Bertz CT molecular complexity index is 629. The Morgan fingerprint density at radius 3 is 2.25 bits per heavy atom. The monoisotopic (exact) mass is 270 g/mol. The van der Waals surface area contributed by atoms with Gasteiger partial charge in [-0.2, -0.15) is 0 Å². The molecule has 0 spiro atoms. The molecule has 0 fully saturated rings. The Balaban J connectivity index is 2.07. The van der Waals surface area contributed by atoms with Crippen LogP contribution in [0, 0.1) is 0 Å². The van der Waals surface area contributed by atoms with Gasteiger partial charge in [-0.1, -0.05) is 36.4 Å². The molecule has 2 aromatic rings. The zero-order valence-electron chi connectivity index (χ0n) is 10.7. The summed E-state index contributed by atoms with van der Waals surface area (Å²) in [6.45, 7) is 0. The molecule has 0 bridgehead atoms. The minimum absolute atomic E-state index is 0.000799. The number of phenols is 1. The summed E-state index contributed by atoms with van der Waals surface area (Å²) in [5, 5.41) is 17.9. The van der Waals surface area contributed by atoms with E-state index >= 15 is 0 Å². The van der Waals surface area contributed by atoms with Crippen molar-refractivity contribution in [2.45, 2.75) is 12.8 Å². The van der Waals surface area contributed by atoms with Gasteiger partial charge in [0, 0.05) is 6.42 Å². The maximum Gasteiger partial charge on any atom is 0.372 e. The van der Waals surface area contributed by atoms with E-state index in [1.165, 1.54) is 0 Å². The molecule has 20 heavy (non-hydrogen) atoms. The molecule has 0 saturated heterocycles. The standard InChI is InChI=1S/C16H14O4/c17-14-3-1-2-13(10-14)12-7-4-11(5-8-12)6-9-15(18)16(19)20/h1-5,7-8,10,17H,6,9H2,(H,19,20). The smallest absolute Gasteiger partial charge is 0.372 e. The predicted molar refractivity (Wildman–Crippen MR) is 74.5 cm³/mol. The lowest BCUT2D eigenvalue weighted by Gasteiger charge is -2.04. The number of phenolic OH excluding ortho intramolecular Hbond substituents is 1. The fourth-order valence-electron chi connectivity index (χ4n) is 1.91. The maximum absolute atomic E-state index is 11.0. The number of rotatable bonds is 5. The predicted octanol–water partition coefficient (Wildman–Crippen LogP) is 2.65. The van der Waals surface area contributed by atoms with Gasteiger partial charge in [0.1, 0.15) is 5.75 Å². The number of carboxylic acid groups (broad SMARTS) is 1. The first-order chi connectivity index (χ1) is 9.56. The van der Waals surface area contributed by atoms with Gasteiger partial charge >= 0.3 is 5.97 Å². The van der Waals surface area contributed by atoms with Gasteiger partial charge in [0.15, 0.2) is 0 Å². The summed E-state index contributed by atoms with van der Waals surface area (Å²) in [6, 6.07) is 14.4. The third-order valence-electron chi connectivity index (χ3n) is 3.01. The number of benzene rings is 2. The topological polar surface area (TPSA) is 74.6 Å². The molecule has 0 radical (unpaired) electrons. The summed E-state index contributed by atoms with van der Waals surface area (Å²) in [7, 11) is 0. The van der Waals surface area contributed by atoms with Gasteiger partial charge in [-0.3, -0.25) is 4.79 Å². The van der Waals surface area contributed by atoms with Crippen molar-refractivity contribution in [2.24, 2.45) is 0 Å². The zero-order valence-corrected chi connectivity index (χ0v) is 10.7. The molecule has 0 aliphatic rings. The summed E-state index contributed by atoms with van der Waals surface area (Å²) in [5.74, 6) is -1.96. The zero-order chi connectivity index (χ0) is 14.5. The number of ketones is 1. The minimum Gasteiger partial charge on any atom is -0.508 e. The second kappa shape index (κ2) is 6.02. The number of hydrogen-bond donors (Lipinski definition) is 2. The van der Waals surface area contributed by atoms with Crippen LogP contribution >= 0.6 is 0 Å². The quantitative estimate of drug-likeness (QED) is 0.819. The van der Waals surface area contributed by atoms with E-state index in [9.17, 15) is 14.7 Å². The van der Waals surface area contributed by atoms with Gasteiger partial charge in [0.25, 0.3) is 0 Å². The molecule has 0 aliphatic carbocycles. The van der Waals surface area contributed by atoms with E-state index < -0.39 is 11.8 Å². The Kier molecular flexibility index (Phi) is 4.15. The summed E-state index contributed by atoms with van der Waals surface area (Å²) < 4.78 is 0. The van der Waals surface area contributed by atoms with Crippen LogP contribution in [0.15, 0.2) is 48.5 Å². The van der Waals surface area contributed by atoms with Crippen LogP contribution in [0.25, 0.3) is 11.1 Å². The highest BCUT2D eigenvalue weighted by Crippen LogP contribution is 2.23. The molecule has 2 N–H and O–H groups in total. The summed E-state index contributed by atoms with van der Waals surface area (Å²) >= 11 is 0. The molecule has 0 saturated carbocycles. The molecule has 2 aromatic carbocycles. The van der Waals surface area contributed by atoms with E-state index in [0.717, 1.165) is 16.7 Å². The SMILES string of the molecule is O=C(O)C(=O)CCc1ccc(-c2cccc(O)c2)cc1. The van der Waals surface area contributed by atoms with E-state index in [1.54, 1.807) is 18.2 Å². The number of aromatic hydroxyl groups is 1. The highest BCUT2D eigenvalue weighted by molar-refractivity contribution is 6.32. The maximum atomic E-state index is 11.0. The Hall–Kier alpha value is -2.62. The Labute approximate surface area is 116 Å². The molecule has 0 aliphatic heterocycles. The van der Waals surface area contributed by atoms with Crippen molar-refractivity contribution in [3.05, 3.63) is 54.1 Å². The van der Waals surface area contributed by atoms with E-state index in [0.29, 0.717) is 6.42 Å². The third-order valence-corrected chi connectivity index (χ3v) is 3.01. The van der Waals surface area contributed by atoms with Gasteiger partial charge in [-0.25, -0.2) is 4.79 Å². The highest BCUT2D eigenvalue weighted by atomic mass is 16.4. The first kappa shape index (κ1) is 13.8. The van der Waals surface area contributed by atoms with Crippen molar-refractivity contribution in [1.82, 2.24) is 0 Å². The van der Waals surface area contributed by atoms with Crippen molar-refractivity contribution < 1.29 is 19.8 Å². The number of Topliss-reactive ketones (excluding diaryl/α,β-unsaturated/α-hetero) is 1. The molecule has 0 aromatic heterocycles. The molecule has 0 unspecified atom stereocenters. The number of aliphatic carboxylic acids is 1. The highest BCUT2D eigenvalue weighted by Gasteiger charge is 2.10. The van der Waals surface area contributed by atoms with Gasteiger partial charge in [-0.05, 0) is 35.2 Å². The lowest BCUT2D eigenvalue weighted by atomic mass is 10.0. The summed E-state index contributed by atoms with van der Waals surface area (Å²) in [5.41, 5.74) is 2.76. The number of hydrogen-bond acceptors (Lipinski definition) is 3. The van der Waals surface area contributed by atoms with Crippen LogP contribution in [-0.2, 0) is 16.0 Å². The van der Waals surface area contributed by atoms with Crippen molar-refractivity contribution in [3.8, 4) is 16.9 Å². The Morgan fingerprint density at radius 1 is 0.950 bits per heavy atom. The minimum atomic E-state index is -1.39. The van der Waals surface area contributed by atoms with Crippen LogP contribution in [0.2, 0.25) is 0 Å². The first-order valence-corrected chi connectivity index (χ1v) is 6.21. The van der Waals surface area contributed by atoms with Crippen molar-refractivity contribution >= 4 is 11.8 Å². The molecule has 4 heteroatoms. The molecule has 0 amide bonds. The average molecular weight is 270 g/mol. The summed E-state index contributed by atoms with van der Waals surface area (Å²) in [6.07, 6.45) is 0.409. The fraction of sp³-hybridized carbons (Fsp3) is 0.125. The Morgan fingerprint density at radius 2 is 1.65 bits per heavy atom. The van der Waals surface area contributed by atoms with Crippen molar-refractivity contribution in [3.63, 3.8) is 0 Å². The fourth-order valence-corrected chi connectivity index (χ4v) is 1.91. The van der Waals surface area contributed by atoms with Crippen LogP contribution in [-0.4, -0.2) is 22.0 Å². The van der Waals surface area contributed by atoms with Crippen molar-refractivity contribution in [2.75, 3.05) is 0 Å². The lowest BCUT2D eigenvalue weighted by Crippen LogP contribution is -2.12. The normalized spacial score (nSPS) is 10.2. The average Bonchev–Trinajstić information content (AvgIpc) is 2.45. The van der Waals surface area contributed by atoms with Gasteiger partial charge in [-0.15, -0.1) is 0 Å². The van der Waals surface area contributed by atoms with E-state index in [2.05, 4.69) is 0 Å². The van der Waals surface area contributed by atoms with Crippen LogP contribution in [0.3, 0.4) is 0 Å². The number of aryl methyl sites for hydroxylation is 1. The molecule has 2 rings (SSSR count). The molecular formula is C16H14O4. The summed E-state index contributed by atoms with van der Waals surface area (Å²) in [4.78, 5) is 21.4. The number of carbonyl (C=O) groups excluding carboxylic acids is 1. The molecule has 0 atom stereocenters. The van der Waals surface area contributed by atoms with E-state index in [1.807, 2.05) is 30.3 Å². The van der Waals surface area contributed by atoms with Crippen molar-refractivity contribution in [1.29, 1.82) is 0 Å². The van der Waals surface area contributed by atoms with Crippen LogP contribution in [0.1, 0.15) is 12.0 Å². The molecule has 4 nitrogen and oxygen atoms in total. The van der Waals surface area contributed by atoms with Gasteiger partial charge in [0.2, 0.25) is 5.78 Å². The lowest BCUT2D eigenvalue weighted by molar-refractivity contribution is -0.149. The van der Waals surface area contributed by atoms with E-state index in [-0.39, 0.29) is 12.2 Å². The van der Waals surface area contributed by atoms with Gasteiger partial charge < -0.3 is 10.2 Å². The second-order valence-electron chi connectivity index (χ2n) is 4.48.